The molecule has 0 amide bonds. The van der Waals surface area contributed by atoms with Gasteiger partial charge in [0.1, 0.15) is 5.75 Å². The van der Waals surface area contributed by atoms with Gasteiger partial charge in [-0.2, -0.15) is 0 Å². The second-order valence-corrected chi connectivity index (χ2v) is 5.06. The number of rotatable bonds is 4. The molecule has 1 fully saturated rings. The zero-order chi connectivity index (χ0) is 12.1. The van der Waals surface area contributed by atoms with Gasteiger partial charge in [-0.1, -0.05) is 31.0 Å². The average molecular weight is 233 g/mol. The third-order valence-corrected chi connectivity index (χ3v) is 4.04. The maximum atomic E-state index is 5.89. The molecule has 2 rings (SSSR count). The molecule has 0 aromatic heterocycles. The monoisotopic (exact) mass is 233 g/mol. The van der Waals surface area contributed by atoms with Crippen LogP contribution in [0.15, 0.2) is 24.3 Å². The number of methoxy groups -OCH3 is 1. The minimum Gasteiger partial charge on any atom is -0.496 e. The molecule has 2 nitrogen and oxygen atoms in total. The van der Waals surface area contributed by atoms with Crippen molar-refractivity contribution in [3.63, 3.8) is 0 Å². The fourth-order valence-electron chi connectivity index (χ4n) is 3.02. The van der Waals surface area contributed by atoms with Gasteiger partial charge in [-0.3, -0.25) is 0 Å². The Kier molecular flexibility index (Phi) is 4.43. The fourth-order valence-corrected chi connectivity index (χ4v) is 3.02. The lowest BCUT2D eigenvalue weighted by Gasteiger charge is -2.31. The largest absolute Gasteiger partial charge is 0.496 e. The lowest BCUT2D eigenvalue weighted by molar-refractivity contribution is 0.240. The van der Waals surface area contributed by atoms with Gasteiger partial charge in [0.15, 0.2) is 0 Å². The van der Waals surface area contributed by atoms with Crippen molar-refractivity contribution in [1.29, 1.82) is 0 Å². The van der Waals surface area contributed by atoms with Crippen LogP contribution in [0.5, 0.6) is 5.75 Å². The molecule has 17 heavy (non-hydrogen) atoms. The van der Waals surface area contributed by atoms with Crippen molar-refractivity contribution < 1.29 is 4.74 Å². The molecule has 0 saturated heterocycles. The van der Waals surface area contributed by atoms with E-state index in [4.69, 9.17) is 10.5 Å². The maximum Gasteiger partial charge on any atom is 0.122 e. The van der Waals surface area contributed by atoms with Gasteiger partial charge >= 0.3 is 0 Å². The molecule has 2 atom stereocenters. The molecule has 0 spiro atoms. The maximum absolute atomic E-state index is 5.89. The highest BCUT2D eigenvalue weighted by atomic mass is 16.5. The molecule has 0 radical (unpaired) electrons. The number of benzene rings is 1. The van der Waals surface area contributed by atoms with Crippen LogP contribution in [0.1, 0.15) is 31.2 Å². The Morgan fingerprint density at radius 2 is 1.88 bits per heavy atom. The van der Waals surface area contributed by atoms with E-state index in [1.807, 2.05) is 6.07 Å². The van der Waals surface area contributed by atoms with Crippen molar-refractivity contribution in [3.05, 3.63) is 29.8 Å². The summed E-state index contributed by atoms with van der Waals surface area (Å²) in [5.41, 5.74) is 7.22. The molecule has 1 aliphatic rings. The van der Waals surface area contributed by atoms with E-state index in [-0.39, 0.29) is 0 Å². The van der Waals surface area contributed by atoms with Crippen LogP contribution in [0.4, 0.5) is 0 Å². The zero-order valence-electron chi connectivity index (χ0n) is 10.7. The van der Waals surface area contributed by atoms with Gasteiger partial charge in [0.2, 0.25) is 0 Å². The predicted octanol–water partition coefficient (Wildman–Crippen LogP) is 3.00. The van der Waals surface area contributed by atoms with E-state index in [2.05, 4.69) is 18.2 Å². The van der Waals surface area contributed by atoms with Crippen molar-refractivity contribution in [3.8, 4) is 5.75 Å². The first-order chi connectivity index (χ1) is 8.35. The smallest absolute Gasteiger partial charge is 0.122 e. The minimum atomic E-state index is 0.702. The molecule has 1 saturated carbocycles. The summed E-state index contributed by atoms with van der Waals surface area (Å²) in [6.07, 6.45) is 6.45. The van der Waals surface area contributed by atoms with Crippen molar-refractivity contribution in [2.24, 2.45) is 17.6 Å². The first kappa shape index (κ1) is 12.4. The van der Waals surface area contributed by atoms with Gasteiger partial charge in [0, 0.05) is 0 Å². The molecule has 0 heterocycles. The summed E-state index contributed by atoms with van der Waals surface area (Å²) in [6.45, 7) is 0.833. The number of ether oxygens (including phenoxy) is 1. The standard InChI is InChI=1S/C15H23NO/c1-17-15-9-5-4-7-13(15)10-12-6-2-3-8-14(12)11-16/h4-5,7,9,12,14H,2-3,6,8,10-11,16H2,1H3. The topological polar surface area (TPSA) is 35.2 Å². The Bertz CT molecular complexity index is 351. The highest BCUT2D eigenvalue weighted by molar-refractivity contribution is 5.33. The summed E-state index contributed by atoms with van der Waals surface area (Å²) < 4.78 is 5.42. The highest BCUT2D eigenvalue weighted by Crippen LogP contribution is 2.33. The van der Waals surface area contributed by atoms with Crippen LogP contribution < -0.4 is 10.5 Å². The van der Waals surface area contributed by atoms with Crippen molar-refractivity contribution in [2.75, 3.05) is 13.7 Å². The molecule has 1 aliphatic carbocycles. The summed E-state index contributed by atoms with van der Waals surface area (Å²) in [7, 11) is 1.75. The second-order valence-electron chi connectivity index (χ2n) is 5.06. The van der Waals surface area contributed by atoms with Crippen molar-refractivity contribution in [2.45, 2.75) is 32.1 Å². The Morgan fingerprint density at radius 1 is 1.18 bits per heavy atom. The molecule has 2 unspecified atom stereocenters. The Morgan fingerprint density at radius 3 is 2.59 bits per heavy atom. The van der Waals surface area contributed by atoms with E-state index in [9.17, 15) is 0 Å². The van der Waals surface area contributed by atoms with Crippen LogP contribution in [-0.2, 0) is 6.42 Å². The number of hydrogen-bond donors (Lipinski definition) is 1. The summed E-state index contributed by atoms with van der Waals surface area (Å²) in [4.78, 5) is 0. The SMILES string of the molecule is COc1ccccc1CC1CCCCC1CN. The van der Waals surface area contributed by atoms with Gasteiger partial charge in [0.25, 0.3) is 0 Å². The third kappa shape index (κ3) is 3.01. The fraction of sp³-hybridized carbons (Fsp3) is 0.600. The molecule has 94 valence electrons. The Labute approximate surface area is 104 Å². The lowest BCUT2D eigenvalue weighted by Crippen LogP contribution is -2.28. The summed E-state index contributed by atoms with van der Waals surface area (Å²) in [5, 5.41) is 0. The van der Waals surface area contributed by atoms with E-state index < -0.39 is 0 Å². The van der Waals surface area contributed by atoms with Gasteiger partial charge in [-0.15, -0.1) is 0 Å². The summed E-state index contributed by atoms with van der Waals surface area (Å²) in [5.74, 6) is 2.47. The van der Waals surface area contributed by atoms with Gasteiger partial charge in [0.05, 0.1) is 7.11 Å². The van der Waals surface area contributed by atoms with Gasteiger partial charge in [-0.25, -0.2) is 0 Å². The average Bonchev–Trinajstić information content (AvgIpc) is 2.40. The van der Waals surface area contributed by atoms with Crippen LogP contribution in [0.25, 0.3) is 0 Å². The molecular weight excluding hydrogens is 210 g/mol. The zero-order valence-corrected chi connectivity index (χ0v) is 10.7. The molecular formula is C15H23NO. The van der Waals surface area contributed by atoms with Crippen molar-refractivity contribution in [1.82, 2.24) is 0 Å². The third-order valence-electron chi connectivity index (χ3n) is 4.04. The van der Waals surface area contributed by atoms with Gasteiger partial charge < -0.3 is 10.5 Å². The Hall–Kier alpha value is -1.02. The molecule has 1 aromatic carbocycles. The number of nitrogens with two attached hydrogens (primary N) is 1. The van der Waals surface area contributed by atoms with E-state index >= 15 is 0 Å². The quantitative estimate of drug-likeness (QED) is 0.867. The van der Waals surface area contributed by atoms with Crippen LogP contribution >= 0.6 is 0 Å². The normalized spacial score (nSPS) is 24.6. The van der Waals surface area contributed by atoms with Crippen LogP contribution in [0.3, 0.4) is 0 Å². The second kappa shape index (κ2) is 6.06. The molecule has 2 heteroatoms. The van der Waals surface area contributed by atoms with E-state index in [1.165, 1.54) is 31.2 Å². The predicted molar refractivity (Wildman–Crippen MR) is 71.2 cm³/mol. The van der Waals surface area contributed by atoms with Crippen LogP contribution in [0, 0.1) is 11.8 Å². The number of para-hydroxylation sites is 1. The van der Waals surface area contributed by atoms with E-state index in [0.717, 1.165) is 24.6 Å². The summed E-state index contributed by atoms with van der Waals surface area (Å²) >= 11 is 0. The lowest BCUT2D eigenvalue weighted by atomic mass is 9.76. The highest BCUT2D eigenvalue weighted by Gasteiger charge is 2.24. The molecule has 2 N–H and O–H groups in total. The summed E-state index contributed by atoms with van der Waals surface area (Å²) in [6, 6.07) is 8.36. The minimum absolute atomic E-state index is 0.702. The molecule has 1 aromatic rings. The van der Waals surface area contributed by atoms with Gasteiger partial charge in [-0.05, 0) is 49.3 Å². The van der Waals surface area contributed by atoms with E-state index in [1.54, 1.807) is 7.11 Å². The molecule has 0 bridgehead atoms. The van der Waals surface area contributed by atoms with Crippen LogP contribution in [-0.4, -0.2) is 13.7 Å². The number of hydrogen-bond acceptors (Lipinski definition) is 2. The first-order valence-corrected chi connectivity index (χ1v) is 6.67. The van der Waals surface area contributed by atoms with E-state index in [0.29, 0.717) is 5.92 Å². The Balaban J connectivity index is 2.08. The molecule has 0 aliphatic heterocycles. The van der Waals surface area contributed by atoms with Crippen LogP contribution in [0.2, 0.25) is 0 Å². The first-order valence-electron chi connectivity index (χ1n) is 6.67. The van der Waals surface area contributed by atoms with Crippen molar-refractivity contribution >= 4 is 0 Å².